The third kappa shape index (κ3) is 6.52. The molecule has 0 aromatic heterocycles. The second kappa shape index (κ2) is 11.9. The Morgan fingerprint density at radius 1 is 0.788 bits per heavy atom. The van der Waals surface area contributed by atoms with Gasteiger partial charge in [-0.1, -0.05) is 24.3 Å². The molecule has 3 aliphatic rings. The highest BCUT2D eigenvalue weighted by atomic mass is 16.5. The molecule has 3 heteroatoms. The molecule has 4 rings (SSSR count). The van der Waals surface area contributed by atoms with Crippen molar-refractivity contribution in [1.29, 1.82) is 0 Å². The number of carbonyl (C=O) groups excluding carboxylic acids is 1. The molecule has 3 aliphatic carbocycles. The van der Waals surface area contributed by atoms with Gasteiger partial charge in [-0.3, -0.25) is 4.79 Å². The van der Waals surface area contributed by atoms with Crippen molar-refractivity contribution < 1.29 is 14.3 Å². The van der Waals surface area contributed by atoms with Crippen LogP contribution < -0.4 is 9.47 Å². The summed E-state index contributed by atoms with van der Waals surface area (Å²) in [4.78, 5) is 12.7. The summed E-state index contributed by atoms with van der Waals surface area (Å²) < 4.78 is 11.3. The second-order valence-corrected chi connectivity index (χ2v) is 10.6. The number of rotatable bonds is 7. The van der Waals surface area contributed by atoms with Crippen LogP contribution >= 0.6 is 0 Å². The van der Waals surface area contributed by atoms with E-state index in [0.717, 1.165) is 48.2 Å². The Hall–Kier alpha value is -2.03. The molecule has 0 saturated heterocycles. The summed E-state index contributed by atoms with van der Waals surface area (Å²) in [7, 11) is 0. The molecule has 3 saturated carbocycles. The van der Waals surface area contributed by atoms with Crippen molar-refractivity contribution in [2.24, 2.45) is 35.5 Å². The van der Waals surface area contributed by atoms with E-state index in [1.165, 1.54) is 51.4 Å². The van der Waals surface area contributed by atoms with Gasteiger partial charge in [0.05, 0.1) is 5.92 Å². The fraction of sp³-hybridized carbons (Fsp3) is 0.633. The largest absolute Gasteiger partial charge is 0.490 e. The Morgan fingerprint density at radius 2 is 1.39 bits per heavy atom. The number of hydrogen-bond donors (Lipinski definition) is 0. The third-order valence-corrected chi connectivity index (χ3v) is 8.55. The lowest BCUT2D eigenvalue weighted by atomic mass is 9.61. The maximum absolute atomic E-state index is 12.7. The summed E-state index contributed by atoms with van der Waals surface area (Å²) in [5.74, 6) is 5.86. The first kappa shape index (κ1) is 24.1. The lowest BCUT2D eigenvalue weighted by Crippen LogP contribution is -2.35. The van der Waals surface area contributed by atoms with Crippen molar-refractivity contribution in [3.05, 3.63) is 48.6 Å². The Kier molecular flexibility index (Phi) is 8.69. The normalized spacial score (nSPS) is 32.5. The lowest BCUT2D eigenvalue weighted by molar-refractivity contribution is -0.140. The van der Waals surface area contributed by atoms with Crippen LogP contribution in [0.5, 0.6) is 11.5 Å². The van der Waals surface area contributed by atoms with Crippen molar-refractivity contribution in [1.82, 2.24) is 0 Å². The smallest absolute Gasteiger partial charge is 0.314 e. The summed E-state index contributed by atoms with van der Waals surface area (Å²) >= 11 is 0. The summed E-state index contributed by atoms with van der Waals surface area (Å²) in [6.45, 7) is 4.69. The van der Waals surface area contributed by atoms with Crippen LogP contribution in [0, 0.1) is 35.5 Å². The molecule has 0 bridgehead atoms. The van der Waals surface area contributed by atoms with Crippen LogP contribution in [0.15, 0.2) is 48.6 Å². The predicted octanol–water partition coefficient (Wildman–Crippen LogP) is 7.76. The van der Waals surface area contributed by atoms with E-state index in [-0.39, 0.29) is 11.9 Å². The Balaban J connectivity index is 1.20. The first-order valence-corrected chi connectivity index (χ1v) is 13.3. The summed E-state index contributed by atoms with van der Waals surface area (Å²) in [6.07, 6.45) is 21.5. The zero-order valence-electron chi connectivity index (χ0n) is 20.6. The zero-order chi connectivity index (χ0) is 23.0. The van der Waals surface area contributed by atoms with E-state index in [2.05, 4.69) is 19.1 Å². The van der Waals surface area contributed by atoms with Gasteiger partial charge in [0.25, 0.3) is 0 Å². The van der Waals surface area contributed by atoms with E-state index in [1.807, 2.05) is 43.3 Å². The molecule has 4 unspecified atom stereocenters. The number of esters is 1. The highest BCUT2D eigenvalue weighted by Crippen LogP contribution is 2.49. The first-order valence-electron chi connectivity index (χ1n) is 13.3. The number of ether oxygens (including phenoxy) is 2. The maximum atomic E-state index is 12.7. The van der Waals surface area contributed by atoms with Crippen molar-refractivity contribution in [3.63, 3.8) is 0 Å². The SMILES string of the molecule is C/C=C/COc1ccc(OC(=O)C2CCC(C3CCC4CC(/C=C/C)CCC4C3)CC2)cc1. The molecule has 1 aromatic carbocycles. The second-order valence-electron chi connectivity index (χ2n) is 10.6. The lowest BCUT2D eigenvalue weighted by Gasteiger charge is -2.45. The number of benzene rings is 1. The summed E-state index contributed by atoms with van der Waals surface area (Å²) in [5.41, 5.74) is 0. The Morgan fingerprint density at radius 3 is 2.09 bits per heavy atom. The fourth-order valence-electron chi connectivity index (χ4n) is 6.71. The van der Waals surface area contributed by atoms with Crippen LogP contribution in [0.2, 0.25) is 0 Å². The van der Waals surface area contributed by atoms with Crippen molar-refractivity contribution in [3.8, 4) is 11.5 Å². The van der Waals surface area contributed by atoms with Crippen LogP contribution in [0.1, 0.15) is 78.1 Å². The van der Waals surface area contributed by atoms with Gasteiger partial charge >= 0.3 is 5.97 Å². The van der Waals surface area contributed by atoms with Crippen molar-refractivity contribution >= 4 is 5.97 Å². The van der Waals surface area contributed by atoms with Crippen LogP contribution in [0.25, 0.3) is 0 Å². The molecule has 4 atom stereocenters. The summed E-state index contributed by atoms with van der Waals surface area (Å²) in [6, 6.07) is 7.40. The molecule has 1 aromatic rings. The average Bonchev–Trinajstić information content (AvgIpc) is 2.85. The molecule has 0 N–H and O–H groups in total. The standard InChI is InChI=1S/C30H42O3/c1-3-5-19-32-28-15-17-29(18-16-28)33-30(31)24-11-9-23(10-12-24)26-14-13-25-20-22(6-4-2)7-8-27(25)21-26/h3-6,15-18,22-27H,7-14,19-21H2,1-2H3/b5-3+,6-4+. The van der Waals surface area contributed by atoms with E-state index in [4.69, 9.17) is 9.47 Å². The van der Waals surface area contributed by atoms with E-state index < -0.39 is 0 Å². The topological polar surface area (TPSA) is 35.5 Å². The molecular formula is C30H42O3. The van der Waals surface area contributed by atoms with Gasteiger partial charge in [-0.25, -0.2) is 0 Å². The Labute approximate surface area is 200 Å². The highest BCUT2D eigenvalue weighted by Gasteiger charge is 2.39. The number of allylic oxidation sites excluding steroid dienone is 3. The van der Waals surface area contributed by atoms with Crippen molar-refractivity contribution in [2.45, 2.75) is 78.1 Å². The van der Waals surface area contributed by atoms with Gasteiger partial charge in [-0.2, -0.15) is 0 Å². The molecule has 0 aliphatic heterocycles. The van der Waals surface area contributed by atoms with Crippen LogP contribution in [-0.4, -0.2) is 12.6 Å². The van der Waals surface area contributed by atoms with Gasteiger partial charge in [-0.05, 0) is 132 Å². The van der Waals surface area contributed by atoms with Crippen molar-refractivity contribution in [2.75, 3.05) is 6.61 Å². The van der Waals surface area contributed by atoms with Gasteiger partial charge in [0.15, 0.2) is 0 Å². The maximum Gasteiger partial charge on any atom is 0.314 e. The van der Waals surface area contributed by atoms with E-state index in [1.54, 1.807) is 0 Å². The van der Waals surface area contributed by atoms with Crippen LogP contribution in [0.4, 0.5) is 0 Å². The molecular weight excluding hydrogens is 408 g/mol. The molecule has 0 heterocycles. The number of carbonyl (C=O) groups is 1. The third-order valence-electron chi connectivity index (χ3n) is 8.55. The molecule has 3 fully saturated rings. The first-order chi connectivity index (χ1) is 16.2. The number of hydrogen-bond acceptors (Lipinski definition) is 3. The van der Waals surface area contributed by atoms with Gasteiger partial charge in [0.2, 0.25) is 0 Å². The van der Waals surface area contributed by atoms with Crippen LogP contribution in [0.3, 0.4) is 0 Å². The molecule has 0 amide bonds. The van der Waals surface area contributed by atoms with Gasteiger partial charge in [0.1, 0.15) is 18.1 Å². The average molecular weight is 451 g/mol. The molecule has 0 spiro atoms. The minimum Gasteiger partial charge on any atom is -0.490 e. The van der Waals surface area contributed by atoms with Gasteiger partial charge in [0, 0.05) is 0 Å². The zero-order valence-corrected chi connectivity index (χ0v) is 20.6. The number of fused-ring (bicyclic) bond motifs is 1. The fourth-order valence-corrected chi connectivity index (χ4v) is 6.71. The van der Waals surface area contributed by atoms with E-state index in [9.17, 15) is 4.79 Å². The molecule has 180 valence electrons. The minimum absolute atomic E-state index is 0.0537. The summed E-state index contributed by atoms with van der Waals surface area (Å²) in [5, 5.41) is 0. The minimum atomic E-state index is -0.0537. The molecule has 3 nitrogen and oxygen atoms in total. The molecule has 0 radical (unpaired) electrons. The van der Waals surface area contributed by atoms with E-state index in [0.29, 0.717) is 12.4 Å². The quantitative estimate of drug-likeness (QED) is 0.242. The van der Waals surface area contributed by atoms with Gasteiger partial charge < -0.3 is 9.47 Å². The van der Waals surface area contributed by atoms with E-state index >= 15 is 0 Å². The highest BCUT2D eigenvalue weighted by molar-refractivity contribution is 5.75. The monoisotopic (exact) mass is 450 g/mol. The predicted molar refractivity (Wildman–Crippen MR) is 134 cm³/mol. The Bertz CT molecular complexity index is 800. The molecule has 33 heavy (non-hydrogen) atoms. The van der Waals surface area contributed by atoms with Crippen LogP contribution in [-0.2, 0) is 4.79 Å². The van der Waals surface area contributed by atoms with Gasteiger partial charge in [-0.15, -0.1) is 0 Å².